The van der Waals surface area contributed by atoms with Crippen LogP contribution >= 0.6 is 0 Å². The van der Waals surface area contributed by atoms with E-state index in [0.717, 1.165) is 6.07 Å². The molecular weight excluding hydrogens is 605 g/mol. The molecule has 8 aromatic carbocycles. The minimum Gasteiger partial charge on any atom is -0.309 e. The zero-order valence-corrected chi connectivity index (χ0v) is 25.7. The fourth-order valence-corrected chi connectivity index (χ4v) is 6.48. The number of hydrogen-bond donors (Lipinski definition) is 0. The van der Waals surface area contributed by atoms with E-state index in [1.165, 1.54) is 4.57 Å². The van der Waals surface area contributed by atoms with Gasteiger partial charge in [0.25, 0.3) is 0 Å². The van der Waals surface area contributed by atoms with Crippen LogP contribution in [-0.2, 0) is 0 Å². The fraction of sp³-hybridized carbons (Fsp3) is 0. The third kappa shape index (κ3) is 4.50. The summed E-state index contributed by atoms with van der Waals surface area (Å²) in [6.07, 6.45) is 0. The molecule has 0 aliphatic carbocycles. The lowest BCUT2D eigenvalue weighted by Crippen LogP contribution is -1.95. The summed E-state index contributed by atoms with van der Waals surface area (Å²) in [5.74, 6) is 0. The molecule has 0 bridgehead atoms. The first kappa shape index (κ1) is 14.5. The molecule has 0 spiro atoms. The average molecular weight is 658 g/mol. The van der Waals surface area contributed by atoms with E-state index in [0.29, 0.717) is 43.6 Å². The predicted molar refractivity (Wildman–Crippen MR) is 211 cm³/mol. The largest absolute Gasteiger partial charge is 0.309 e. The van der Waals surface area contributed by atoms with E-state index in [9.17, 15) is 8.22 Å². The Balaban J connectivity index is 1.24. The molecule has 0 atom stereocenters. The molecule has 50 heavy (non-hydrogen) atoms. The Morgan fingerprint density at radius 3 is 1.30 bits per heavy atom. The number of para-hydroxylation sites is 2. The van der Waals surface area contributed by atoms with Crippen LogP contribution in [-0.4, -0.2) is 9.13 Å². The van der Waals surface area contributed by atoms with Crippen molar-refractivity contribution < 1.29 is 28.8 Å². The first-order chi connectivity index (χ1) is 33.6. The normalized spacial score (nSPS) is 17.5. The molecule has 2 nitrogen and oxygen atoms in total. The van der Waals surface area contributed by atoms with Crippen LogP contribution in [0.1, 0.15) is 28.8 Å². The van der Waals surface area contributed by atoms with Crippen LogP contribution in [0.25, 0.3) is 88.4 Å². The van der Waals surface area contributed by atoms with Gasteiger partial charge in [-0.1, -0.05) is 145 Å². The minimum absolute atomic E-state index is 0.112. The van der Waals surface area contributed by atoms with Crippen molar-refractivity contribution in [3.63, 3.8) is 0 Å². The summed E-state index contributed by atoms with van der Waals surface area (Å²) in [4.78, 5) is 0. The van der Waals surface area contributed by atoms with Gasteiger partial charge in [-0.3, -0.25) is 0 Å². The van der Waals surface area contributed by atoms with Gasteiger partial charge in [0, 0.05) is 32.9 Å². The summed E-state index contributed by atoms with van der Waals surface area (Å²) in [7, 11) is 0. The summed E-state index contributed by atoms with van der Waals surface area (Å²) < 4.78 is 187. The Bertz CT molecular complexity index is 3960. The van der Waals surface area contributed by atoms with Gasteiger partial charge < -0.3 is 9.13 Å². The van der Waals surface area contributed by atoms with Gasteiger partial charge in [0.15, 0.2) is 0 Å². The van der Waals surface area contributed by atoms with Crippen molar-refractivity contribution in [1.82, 2.24) is 9.13 Å². The molecule has 0 radical (unpaired) electrons. The number of rotatable bonds is 5. The van der Waals surface area contributed by atoms with E-state index in [1.54, 1.807) is 65.2 Å². The highest BCUT2D eigenvalue weighted by Crippen LogP contribution is 2.42. The van der Waals surface area contributed by atoms with Gasteiger partial charge in [-0.2, -0.15) is 0 Å². The van der Waals surface area contributed by atoms with Crippen LogP contribution in [0, 0.1) is 0 Å². The van der Waals surface area contributed by atoms with E-state index < -0.39 is 131 Å². The first-order valence-corrected chi connectivity index (χ1v) is 15.5. The molecule has 10 aromatic rings. The standard InChI is InChI=1S/C48H32N2/c1-3-12-33(13-4-1)35-22-24-36(25-23-35)37-26-28-39(29-27-37)49-43-20-9-7-18-41(43)47-45(49)30-31-46-48(47)42-19-8-10-21-44(42)50(46)40-17-11-16-38(32-40)34-14-5-2-6-15-34/h1-32H/i1D,2D,3D,4D,5D,6D,11D,12D,13D,14D,15D,17D,22D,23D,24D,25D,26D,27D,28D,29D,32D. The lowest BCUT2D eigenvalue weighted by molar-refractivity contribution is 1.17. The maximum atomic E-state index is 9.53. The number of aromatic nitrogens is 2. The fourth-order valence-electron chi connectivity index (χ4n) is 6.48. The third-order valence-electron chi connectivity index (χ3n) is 8.59. The summed E-state index contributed by atoms with van der Waals surface area (Å²) >= 11 is 0. The lowest BCUT2D eigenvalue weighted by atomic mass is 10.0. The lowest BCUT2D eigenvalue weighted by Gasteiger charge is -2.11. The Morgan fingerprint density at radius 2 is 0.760 bits per heavy atom. The molecule has 2 heteroatoms. The molecule has 2 aromatic heterocycles. The summed E-state index contributed by atoms with van der Waals surface area (Å²) in [6, 6.07) is 4.45. The number of hydrogen-bond acceptors (Lipinski definition) is 0. The van der Waals surface area contributed by atoms with Crippen LogP contribution < -0.4 is 0 Å². The Labute approximate surface area is 320 Å². The van der Waals surface area contributed by atoms with Crippen molar-refractivity contribution in [3.8, 4) is 44.8 Å². The van der Waals surface area contributed by atoms with Crippen molar-refractivity contribution >= 4 is 43.6 Å². The zero-order valence-electron chi connectivity index (χ0n) is 46.7. The van der Waals surface area contributed by atoms with Gasteiger partial charge in [0.1, 0.15) is 0 Å². The van der Waals surface area contributed by atoms with Crippen LogP contribution in [0.3, 0.4) is 0 Å². The summed E-state index contributed by atoms with van der Waals surface area (Å²) in [5, 5.41) is 2.27. The molecule has 0 aliphatic rings. The predicted octanol–water partition coefficient (Wildman–Crippen LogP) is 12.9. The van der Waals surface area contributed by atoms with Gasteiger partial charge in [0.2, 0.25) is 0 Å². The van der Waals surface area contributed by atoms with Gasteiger partial charge in [-0.05, 0) is 81.8 Å². The maximum Gasteiger partial charge on any atom is 0.0651 e. The molecule has 0 saturated carbocycles. The van der Waals surface area contributed by atoms with Crippen molar-refractivity contribution in [1.29, 1.82) is 0 Å². The molecule has 0 aliphatic heterocycles. The Kier molecular flexibility index (Phi) is 3.33. The molecule has 0 N–H and O–H groups in total. The molecule has 0 saturated heterocycles. The monoisotopic (exact) mass is 657 g/mol. The second-order valence-electron chi connectivity index (χ2n) is 11.3. The van der Waals surface area contributed by atoms with Crippen molar-refractivity contribution in [2.75, 3.05) is 0 Å². The van der Waals surface area contributed by atoms with Crippen LogP contribution in [0.2, 0.25) is 0 Å². The SMILES string of the molecule is [2H]c1cc(-c2c([2H])c([2H])c([2H])c([2H])c2[2H])c([2H])c(-n2c3ccccc3c3c4c5ccccc5n(-c5c([2H])c([2H])c(-c6c([2H])c([2H])c(-c7c([2H])c([2H])c([2H])c([2H])c7[2H])c([2H])c6[2H])c([2H])c5[2H])c4ccc32)c1[2H]. The second kappa shape index (κ2) is 11.5. The smallest absolute Gasteiger partial charge is 0.0651 e. The summed E-state index contributed by atoms with van der Waals surface area (Å²) in [5.41, 5.74) is -1.49. The molecule has 0 fully saturated rings. The topological polar surface area (TPSA) is 9.86 Å². The van der Waals surface area contributed by atoms with E-state index in [2.05, 4.69) is 0 Å². The zero-order chi connectivity index (χ0) is 51.3. The van der Waals surface area contributed by atoms with Crippen LogP contribution in [0.5, 0.6) is 0 Å². The van der Waals surface area contributed by atoms with Crippen molar-refractivity contribution in [2.24, 2.45) is 0 Å². The van der Waals surface area contributed by atoms with E-state index in [4.69, 9.17) is 20.6 Å². The minimum atomic E-state index is -0.833. The Morgan fingerprint density at radius 1 is 0.320 bits per heavy atom. The molecule has 234 valence electrons. The molecule has 2 heterocycles. The summed E-state index contributed by atoms with van der Waals surface area (Å²) in [6.45, 7) is 0. The molecule has 10 rings (SSSR count). The Hall–Kier alpha value is -6.64. The average Bonchev–Trinajstić information content (AvgIpc) is 3.86. The number of fused-ring (bicyclic) bond motifs is 7. The molecule has 0 amide bonds. The van der Waals surface area contributed by atoms with E-state index >= 15 is 0 Å². The highest BCUT2D eigenvalue weighted by molar-refractivity contribution is 6.28. The maximum absolute atomic E-state index is 9.53. The quantitative estimate of drug-likeness (QED) is 0.174. The number of benzene rings is 8. The highest BCUT2D eigenvalue weighted by Gasteiger charge is 2.20. The van der Waals surface area contributed by atoms with Crippen LogP contribution in [0.4, 0.5) is 0 Å². The first-order valence-electron chi connectivity index (χ1n) is 26.0. The molecule has 0 unspecified atom stereocenters. The second-order valence-corrected chi connectivity index (χ2v) is 11.3. The van der Waals surface area contributed by atoms with Gasteiger partial charge >= 0.3 is 0 Å². The van der Waals surface area contributed by atoms with Crippen molar-refractivity contribution in [3.05, 3.63) is 194 Å². The molecular formula is C48H32N2. The van der Waals surface area contributed by atoms with Crippen LogP contribution in [0.15, 0.2) is 194 Å². The van der Waals surface area contributed by atoms with E-state index in [-0.39, 0.29) is 40.6 Å². The van der Waals surface area contributed by atoms with E-state index in [1.807, 2.05) is 0 Å². The van der Waals surface area contributed by atoms with Crippen molar-refractivity contribution in [2.45, 2.75) is 0 Å². The van der Waals surface area contributed by atoms with Gasteiger partial charge in [0.05, 0.1) is 50.9 Å². The highest BCUT2D eigenvalue weighted by atomic mass is 15.0. The van der Waals surface area contributed by atoms with Gasteiger partial charge in [-0.15, -0.1) is 0 Å². The third-order valence-corrected chi connectivity index (χ3v) is 8.59. The number of nitrogens with zero attached hydrogens (tertiary/aromatic N) is 2. The van der Waals surface area contributed by atoms with Gasteiger partial charge in [-0.25, -0.2) is 0 Å².